The van der Waals surface area contributed by atoms with Crippen LogP contribution < -0.4 is 10.5 Å². The second kappa shape index (κ2) is 6.53. The minimum absolute atomic E-state index is 0.235. The number of rotatable bonds is 5. The summed E-state index contributed by atoms with van der Waals surface area (Å²) < 4.78 is 19.4. The van der Waals surface area contributed by atoms with Gasteiger partial charge in [-0.25, -0.2) is 4.39 Å². The van der Waals surface area contributed by atoms with Crippen molar-refractivity contribution in [1.29, 1.82) is 0 Å². The highest BCUT2D eigenvalue weighted by Gasteiger charge is 2.19. The molecule has 2 atom stereocenters. The predicted octanol–water partition coefficient (Wildman–Crippen LogP) is 3.86. The number of hydrogen-bond donors (Lipinski definition) is 1. The van der Waals surface area contributed by atoms with Crippen molar-refractivity contribution in [3.05, 3.63) is 65.5 Å². The molecule has 0 amide bonds. The predicted molar refractivity (Wildman–Crippen MR) is 79.2 cm³/mol. The summed E-state index contributed by atoms with van der Waals surface area (Å²) in [7, 11) is 0. The van der Waals surface area contributed by atoms with Crippen LogP contribution >= 0.6 is 0 Å². The molecule has 0 aliphatic rings. The molecule has 0 aliphatic carbocycles. The van der Waals surface area contributed by atoms with E-state index in [0.717, 1.165) is 23.3 Å². The molecule has 2 rings (SSSR count). The van der Waals surface area contributed by atoms with Gasteiger partial charge < -0.3 is 10.5 Å². The molecule has 0 aliphatic heterocycles. The number of benzene rings is 2. The lowest BCUT2D eigenvalue weighted by Gasteiger charge is -2.24. The number of nitrogens with two attached hydrogens (primary N) is 1. The molecule has 0 fully saturated rings. The Morgan fingerprint density at radius 2 is 1.90 bits per heavy atom. The Morgan fingerprint density at radius 1 is 1.15 bits per heavy atom. The minimum atomic E-state index is -0.363. The molecule has 2 aromatic rings. The molecule has 0 bridgehead atoms. The lowest BCUT2D eigenvalue weighted by Crippen LogP contribution is -2.29. The van der Waals surface area contributed by atoms with Gasteiger partial charge in [0, 0.05) is 6.04 Å². The summed E-state index contributed by atoms with van der Waals surface area (Å²) in [6.45, 7) is 3.94. The van der Waals surface area contributed by atoms with Gasteiger partial charge in [-0.1, -0.05) is 37.3 Å². The summed E-state index contributed by atoms with van der Waals surface area (Å²) in [4.78, 5) is 0. The molecule has 2 N–H and O–H groups in total. The van der Waals surface area contributed by atoms with E-state index in [2.05, 4.69) is 6.92 Å². The quantitative estimate of drug-likeness (QED) is 0.898. The fourth-order valence-electron chi connectivity index (χ4n) is 2.21. The number of hydrogen-bond acceptors (Lipinski definition) is 2. The fraction of sp³-hybridized carbons (Fsp3) is 0.294. The van der Waals surface area contributed by atoms with Crippen molar-refractivity contribution >= 4 is 0 Å². The van der Waals surface area contributed by atoms with Gasteiger partial charge in [0.25, 0.3) is 0 Å². The number of ether oxygens (including phenoxy) is 1. The summed E-state index contributed by atoms with van der Waals surface area (Å²) in [6.07, 6.45) is 0.517. The lowest BCUT2D eigenvalue weighted by molar-refractivity contribution is 0.178. The molecule has 0 saturated carbocycles. The van der Waals surface area contributed by atoms with Crippen LogP contribution in [0.2, 0.25) is 0 Å². The van der Waals surface area contributed by atoms with Crippen molar-refractivity contribution in [2.24, 2.45) is 5.73 Å². The van der Waals surface area contributed by atoms with Crippen molar-refractivity contribution in [3.8, 4) is 5.75 Å². The van der Waals surface area contributed by atoms with Gasteiger partial charge in [0.1, 0.15) is 17.7 Å². The first-order valence-electron chi connectivity index (χ1n) is 6.87. The average molecular weight is 273 g/mol. The number of aryl methyl sites for hydroxylation is 1. The smallest absolute Gasteiger partial charge is 0.139 e. The van der Waals surface area contributed by atoms with Gasteiger partial charge in [0.2, 0.25) is 0 Å². The zero-order chi connectivity index (χ0) is 14.5. The first-order valence-corrected chi connectivity index (χ1v) is 6.87. The van der Waals surface area contributed by atoms with Crippen molar-refractivity contribution in [3.63, 3.8) is 0 Å². The van der Waals surface area contributed by atoms with E-state index in [1.165, 1.54) is 12.1 Å². The molecule has 0 aromatic heterocycles. The van der Waals surface area contributed by atoms with E-state index >= 15 is 0 Å². The van der Waals surface area contributed by atoms with Crippen LogP contribution in [0.3, 0.4) is 0 Å². The average Bonchev–Trinajstić information content (AvgIpc) is 2.44. The maximum absolute atomic E-state index is 13.4. The monoisotopic (exact) mass is 273 g/mol. The van der Waals surface area contributed by atoms with Gasteiger partial charge in [-0.05, 0) is 42.7 Å². The van der Waals surface area contributed by atoms with E-state index in [-0.39, 0.29) is 18.0 Å². The number of para-hydroxylation sites is 1. The van der Waals surface area contributed by atoms with Gasteiger partial charge in [0.05, 0.1) is 0 Å². The zero-order valence-electron chi connectivity index (χ0n) is 11.8. The number of halogens is 1. The first-order chi connectivity index (χ1) is 9.61. The van der Waals surface area contributed by atoms with Crippen LogP contribution in [-0.4, -0.2) is 6.04 Å². The summed E-state index contributed by atoms with van der Waals surface area (Å²) >= 11 is 0. The fourth-order valence-corrected chi connectivity index (χ4v) is 2.21. The Kier molecular flexibility index (Phi) is 4.74. The highest BCUT2D eigenvalue weighted by Crippen LogP contribution is 2.27. The molecule has 2 unspecified atom stereocenters. The molecule has 0 radical (unpaired) electrons. The maximum Gasteiger partial charge on any atom is 0.139 e. The maximum atomic E-state index is 13.4. The van der Waals surface area contributed by atoms with E-state index in [1.54, 1.807) is 6.07 Å². The Morgan fingerprint density at radius 3 is 2.55 bits per heavy atom. The molecule has 2 aromatic carbocycles. The highest BCUT2D eigenvalue weighted by atomic mass is 19.1. The van der Waals surface area contributed by atoms with Crippen LogP contribution in [0, 0.1) is 5.82 Å². The van der Waals surface area contributed by atoms with Crippen LogP contribution in [-0.2, 0) is 6.42 Å². The molecule has 0 spiro atoms. The summed E-state index contributed by atoms with van der Waals surface area (Å²) in [5.41, 5.74) is 7.89. The lowest BCUT2D eigenvalue weighted by atomic mass is 10.0. The van der Waals surface area contributed by atoms with Crippen LogP contribution in [0.25, 0.3) is 0 Å². The molecule has 106 valence electrons. The van der Waals surface area contributed by atoms with Crippen LogP contribution in [0.1, 0.15) is 31.1 Å². The normalized spacial score (nSPS) is 13.8. The van der Waals surface area contributed by atoms with E-state index < -0.39 is 0 Å². The van der Waals surface area contributed by atoms with Gasteiger partial charge in [-0.3, -0.25) is 0 Å². The van der Waals surface area contributed by atoms with Crippen LogP contribution in [0.15, 0.2) is 48.5 Å². The standard InChI is InChI=1S/C17H20FNO/c1-3-13-7-4-5-10-16(13)20-17(12(2)19)14-8-6-9-15(18)11-14/h4-12,17H,3,19H2,1-2H3. The molecule has 3 heteroatoms. The zero-order valence-corrected chi connectivity index (χ0v) is 11.8. The van der Waals surface area contributed by atoms with Crippen molar-refractivity contribution in [1.82, 2.24) is 0 Å². The Balaban J connectivity index is 2.31. The van der Waals surface area contributed by atoms with Gasteiger partial charge in [-0.15, -0.1) is 0 Å². The summed E-state index contributed by atoms with van der Waals surface area (Å²) in [6, 6.07) is 14.0. The van der Waals surface area contributed by atoms with E-state index in [0.29, 0.717) is 0 Å². The molecule has 20 heavy (non-hydrogen) atoms. The molecule has 0 heterocycles. The Labute approximate surface area is 119 Å². The molecular weight excluding hydrogens is 253 g/mol. The third-order valence-electron chi connectivity index (χ3n) is 3.26. The third kappa shape index (κ3) is 3.36. The van der Waals surface area contributed by atoms with Crippen molar-refractivity contribution < 1.29 is 9.13 Å². The largest absolute Gasteiger partial charge is 0.484 e. The summed E-state index contributed by atoms with van der Waals surface area (Å²) in [5.74, 6) is 0.530. The van der Waals surface area contributed by atoms with Crippen molar-refractivity contribution in [2.45, 2.75) is 32.4 Å². The first kappa shape index (κ1) is 14.5. The SMILES string of the molecule is CCc1ccccc1OC(c1cccc(F)c1)C(C)N. The van der Waals surface area contributed by atoms with Crippen LogP contribution in [0.5, 0.6) is 5.75 Å². The third-order valence-corrected chi connectivity index (χ3v) is 3.26. The molecule has 2 nitrogen and oxygen atoms in total. The van der Waals surface area contributed by atoms with Crippen LogP contribution in [0.4, 0.5) is 4.39 Å². The second-order valence-corrected chi connectivity index (χ2v) is 4.91. The molecule has 0 saturated heterocycles. The van der Waals surface area contributed by atoms with Gasteiger partial charge in [-0.2, -0.15) is 0 Å². The molecular formula is C17H20FNO. The Hall–Kier alpha value is -1.87. The van der Waals surface area contributed by atoms with Gasteiger partial charge in [0.15, 0.2) is 0 Å². The van der Waals surface area contributed by atoms with Crippen molar-refractivity contribution in [2.75, 3.05) is 0 Å². The highest BCUT2D eigenvalue weighted by molar-refractivity contribution is 5.34. The topological polar surface area (TPSA) is 35.2 Å². The van der Waals surface area contributed by atoms with Gasteiger partial charge >= 0.3 is 0 Å². The van der Waals surface area contributed by atoms with E-state index in [9.17, 15) is 4.39 Å². The summed E-state index contributed by atoms with van der Waals surface area (Å²) in [5, 5.41) is 0. The Bertz CT molecular complexity index is 568. The van der Waals surface area contributed by atoms with E-state index in [4.69, 9.17) is 10.5 Å². The minimum Gasteiger partial charge on any atom is -0.484 e. The van der Waals surface area contributed by atoms with E-state index in [1.807, 2.05) is 37.3 Å². The second-order valence-electron chi connectivity index (χ2n) is 4.91.